The summed E-state index contributed by atoms with van der Waals surface area (Å²) >= 11 is 5.76. The molecule has 0 unspecified atom stereocenters. The third-order valence-electron chi connectivity index (χ3n) is 2.96. The van der Waals surface area contributed by atoms with Gasteiger partial charge in [-0.2, -0.15) is 0 Å². The minimum atomic E-state index is -0.512. The molecule has 7 heteroatoms. The summed E-state index contributed by atoms with van der Waals surface area (Å²) in [6, 6.07) is 9.23. The average molecular weight is 319 g/mol. The number of aromatic nitrogens is 2. The van der Waals surface area contributed by atoms with Crippen LogP contribution in [0.2, 0.25) is 5.02 Å². The topological polar surface area (TPSA) is 73.8 Å². The van der Waals surface area contributed by atoms with Gasteiger partial charge in [0.15, 0.2) is 5.65 Å². The molecule has 0 bridgehead atoms. The molecule has 22 heavy (non-hydrogen) atoms. The lowest BCUT2D eigenvalue weighted by molar-refractivity contribution is 0.0467. The van der Waals surface area contributed by atoms with E-state index in [1.807, 2.05) is 0 Å². The molecule has 3 aromatic rings. The van der Waals surface area contributed by atoms with Crippen molar-refractivity contribution >= 4 is 23.2 Å². The Kier molecular flexibility index (Phi) is 3.68. The molecule has 2 aromatic heterocycles. The molecule has 0 saturated carbocycles. The molecule has 112 valence electrons. The number of esters is 1. The van der Waals surface area contributed by atoms with Crippen molar-refractivity contribution in [1.82, 2.24) is 9.56 Å². The molecule has 6 nitrogen and oxygen atoms in total. The Hall–Kier alpha value is -2.60. The SMILES string of the molecule is Cc1cc2nc(COC(=O)c3ccc(Cl)cc3)cc(=O)n2o1. The summed E-state index contributed by atoms with van der Waals surface area (Å²) in [5.74, 6) is 0.0574. The lowest BCUT2D eigenvalue weighted by Crippen LogP contribution is -2.15. The highest BCUT2D eigenvalue weighted by Gasteiger charge is 2.10. The quantitative estimate of drug-likeness (QED) is 0.694. The number of aryl methyl sites for hydroxylation is 1. The second-order valence-corrected chi connectivity index (χ2v) is 5.10. The smallest absolute Gasteiger partial charge is 0.338 e. The number of rotatable bonds is 3. The van der Waals surface area contributed by atoms with E-state index >= 15 is 0 Å². The first-order valence-electron chi connectivity index (χ1n) is 6.45. The van der Waals surface area contributed by atoms with Gasteiger partial charge in [0.2, 0.25) is 0 Å². The van der Waals surface area contributed by atoms with Crippen molar-refractivity contribution in [2.75, 3.05) is 0 Å². The van der Waals surface area contributed by atoms with Crippen molar-refractivity contribution in [2.45, 2.75) is 13.5 Å². The number of hydrogen-bond acceptors (Lipinski definition) is 5. The van der Waals surface area contributed by atoms with Gasteiger partial charge in [0, 0.05) is 17.2 Å². The number of nitrogens with zero attached hydrogens (tertiary/aromatic N) is 2. The van der Waals surface area contributed by atoms with Crippen LogP contribution in [-0.2, 0) is 11.3 Å². The maximum atomic E-state index is 11.9. The van der Waals surface area contributed by atoms with Gasteiger partial charge in [-0.25, -0.2) is 9.78 Å². The van der Waals surface area contributed by atoms with Crippen LogP contribution in [-0.4, -0.2) is 15.5 Å². The molecular formula is C15H11ClN2O4. The summed E-state index contributed by atoms with van der Waals surface area (Å²) in [5, 5.41) is 0.534. The highest BCUT2D eigenvalue weighted by Crippen LogP contribution is 2.11. The number of carbonyl (C=O) groups excluding carboxylic acids is 1. The fourth-order valence-electron chi connectivity index (χ4n) is 1.96. The van der Waals surface area contributed by atoms with Gasteiger partial charge >= 0.3 is 5.97 Å². The summed E-state index contributed by atoms with van der Waals surface area (Å²) < 4.78 is 11.4. The Morgan fingerprint density at radius 3 is 2.77 bits per heavy atom. The van der Waals surface area contributed by atoms with E-state index in [4.69, 9.17) is 20.9 Å². The van der Waals surface area contributed by atoms with E-state index in [1.54, 1.807) is 37.3 Å². The molecule has 0 spiro atoms. The number of benzene rings is 1. The first kappa shape index (κ1) is 14.3. The van der Waals surface area contributed by atoms with Gasteiger partial charge in [-0.15, -0.1) is 4.57 Å². The van der Waals surface area contributed by atoms with Crippen LogP contribution in [0.15, 0.2) is 45.7 Å². The van der Waals surface area contributed by atoms with E-state index < -0.39 is 5.97 Å². The maximum Gasteiger partial charge on any atom is 0.338 e. The minimum absolute atomic E-state index is 0.0998. The van der Waals surface area contributed by atoms with E-state index in [2.05, 4.69) is 4.98 Å². The molecule has 2 heterocycles. The molecular weight excluding hydrogens is 308 g/mol. The largest absolute Gasteiger partial charge is 0.456 e. The fourth-order valence-corrected chi connectivity index (χ4v) is 2.08. The monoisotopic (exact) mass is 318 g/mol. The molecule has 0 fully saturated rings. The zero-order chi connectivity index (χ0) is 15.7. The van der Waals surface area contributed by atoms with Gasteiger partial charge < -0.3 is 9.26 Å². The van der Waals surface area contributed by atoms with Crippen LogP contribution in [0.5, 0.6) is 0 Å². The van der Waals surface area contributed by atoms with Crippen molar-refractivity contribution in [1.29, 1.82) is 0 Å². The van der Waals surface area contributed by atoms with Crippen LogP contribution >= 0.6 is 11.6 Å². The van der Waals surface area contributed by atoms with E-state index in [-0.39, 0.29) is 12.2 Å². The van der Waals surface area contributed by atoms with Crippen LogP contribution in [0.25, 0.3) is 5.65 Å². The predicted octanol–water partition coefficient (Wildman–Crippen LogP) is 2.61. The van der Waals surface area contributed by atoms with Crippen molar-refractivity contribution in [3.05, 3.63) is 68.8 Å². The second-order valence-electron chi connectivity index (χ2n) is 4.67. The Balaban J connectivity index is 1.77. The van der Waals surface area contributed by atoms with Crippen LogP contribution < -0.4 is 5.56 Å². The van der Waals surface area contributed by atoms with Gasteiger partial charge in [0.05, 0.1) is 11.3 Å². The van der Waals surface area contributed by atoms with E-state index in [1.165, 1.54) is 6.07 Å². The summed E-state index contributed by atoms with van der Waals surface area (Å²) in [6.45, 7) is 1.62. The van der Waals surface area contributed by atoms with Gasteiger partial charge in [0.1, 0.15) is 12.4 Å². The Bertz CT molecular complexity index is 896. The molecule has 0 N–H and O–H groups in total. The molecule has 1 aromatic carbocycles. The molecule has 0 aliphatic carbocycles. The highest BCUT2D eigenvalue weighted by atomic mass is 35.5. The van der Waals surface area contributed by atoms with Crippen LogP contribution in [0.4, 0.5) is 0 Å². The Morgan fingerprint density at radius 2 is 2.05 bits per heavy atom. The lowest BCUT2D eigenvalue weighted by atomic mass is 10.2. The zero-order valence-corrected chi connectivity index (χ0v) is 12.3. The van der Waals surface area contributed by atoms with Gasteiger partial charge in [-0.05, 0) is 31.2 Å². The average Bonchev–Trinajstić information content (AvgIpc) is 2.86. The number of halogens is 1. The summed E-state index contributed by atoms with van der Waals surface area (Å²) in [5.41, 5.74) is 0.743. The predicted molar refractivity (Wildman–Crippen MR) is 79.0 cm³/mol. The zero-order valence-electron chi connectivity index (χ0n) is 11.6. The molecule has 0 amide bonds. The summed E-state index contributed by atoms with van der Waals surface area (Å²) in [4.78, 5) is 27.9. The molecule has 3 rings (SSSR count). The first-order chi connectivity index (χ1) is 10.5. The Morgan fingerprint density at radius 1 is 1.32 bits per heavy atom. The van der Waals surface area contributed by atoms with Gasteiger partial charge in [-0.1, -0.05) is 11.6 Å². The standard InChI is InChI=1S/C15H11ClN2O4/c1-9-6-13-17-12(7-14(19)18(13)22-9)8-21-15(20)10-2-4-11(16)5-3-10/h2-7H,8H2,1H3. The van der Waals surface area contributed by atoms with Gasteiger partial charge in [0.25, 0.3) is 5.56 Å². The lowest BCUT2D eigenvalue weighted by Gasteiger charge is -2.04. The summed E-state index contributed by atoms with van der Waals surface area (Å²) in [7, 11) is 0. The van der Waals surface area contributed by atoms with Crippen LogP contribution in [0.3, 0.4) is 0 Å². The minimum Gasteiger partial charge on any atom is -0.456 e. The molecule has 0 radical (unpaired) electrons. The molecule has 0 saturated heterocycles. The van der Waals surface area contributed by atoms with Crippen molar-refractivity contribution in [2.24, 2.45) is 0 Å². The Labute approximate surface area is 129 Å². The second kappa shape index (κ2) is 5.65. The molecule has 0 atom stereocenters. The number of carbonyl (C=O) groups is 1. The van der Waals surface area contributed by atoms with Crippen molar-refractivity contribution in [3.8, 4) is 0 Å². The van der Waals surface area contributed by atoms with Crippen LogP contribution in [0, 0.1) is 6.92 Å². The number of ether oxygens (including phenoxy) is 1. The summed E-state index contributed by atoms with van der Waals surface area (Å²) in [6.07, 6.45) is 0. The molecule has 0 aliphatic heterocycles. The van der Waals surface area contributed by atoms with Crippen LogP contribution in [0.1, 0.15) is 21.8 Å². The van der Waals surface area contributed by atoms with Crippen molar-refractivity contribution in [3.63, 3.8) is 0 Å². The van der Waals surface area contributed by atoms with Crippen molar-refractivity contribution < 1.29 is 14.1 Å². The normalized spacial score (nSPS) is 10.8. The van der Waals surface area contributed by atoms with Gasteiger partial charge in [-0.3, -0.25) is 4.79 Å². The van der Waals surface area contributed by atoms with E-state index in [0.29, 0.717) is 27.7 Å². The number of hydrogen-bond donors (Lipinski definition) is 0. The first-order valence-corrected chi connectivity index (χ1v) is 6.83. The molecule has 0 aliphatic rings. The maximum absolute atomic E-state index is 11.9. The highest BCUT2D eigenvalue weighted by molar-refractivity contribution is 6.30. The van der Waals surface area contributed by atoms with E-state index in [9.17, 15) is 9.59 Å². The third kappa shape index (κ3) is 2.87. The third-order valence-corrected chi connectivity index (χ3v) is 3.21. The number of fused-ring (bicyclic) bond motifs is 1. The van der Waals surface area contributed by atoms with E-state index in [0.717, 1.165) is 4.57 Å². The fraction of sp³-hybridized carbons (Fsp3) is 0.133.